The summed E-state index contributed by atoms with van der Waals surface area (Å²) in [7, 11) is 3.93. The van der Waals surface area contributed by atoms with E-state index < -0.39 is 0 Å². The van der Waals surface area contributed by atoms with Crippen LogP contribution in [0.4, 0.5) is 0 Å². The fourth-order valence-corrected chi connectivity index (χ4v) is 4.41. The Balaban J connectivity index is 3.84. The van der Waals surface area contributed by atoms with Crippen molar-refractivity contribution in [1.82, 2.24) is 10.2 Å². The van der Waals surface area contributed by atoms with E-state index in [0.717, 1.165) is 19.3 Å². The Morgan fingerprint density at radius 1 is 0.647 bits per heavy atom. The Bertz CT molecular complexity index is 484. The van der Waals surface area contributed by atoms with E-state index in [2.05, 4.69) is 43.5 Å². The molecule has 0 aromatic rings. The van der Waals surface area contributed by atoms with Crippen LogP contribution in [0.1, 0.15) is 142 Å². The molecule has 0 aliphatic rings. The van der Waals surface area contributed by atoms with E-state index in [1.54, 1.807) is 0 Å². The Labute approximate surface area is 214 Å². The zero-order chi connectivity index (χ0) is 25.1. The van der Waals surface area contributed by atoms with Gasteiger partial charge < -0.3 is 10.2 Å². The van der Waals surface area contributed by atoms with Gasteiger partial charge in [0, 0.05) is 6.04 Å². The first-order valence-electron chi connectivity index (χ1n) is 14.8. The smallest absolute Gasteiger partial charge is 0.234 e. The highest BCUT2D eigenvalue weighted by Gasteiger charge is 2.12. The number of hydrogen-bond donors (Lipinski definition) is 1. The van der Waals surface area contributed by atoms with Crippen molar-refractivity contribution in [1.29, 1.82) is 0 Å². The predicted octanol–water partition coefficient (Wildman–Crippen LogP) is 8.99. The summed E-state index contributed by atoms with van der Waals surface area (Å²) in [4.78, 5) is 14.2. The van der Waals surface area contributed by atoms with Gasteiger partial charge in [0.25, 0.3) is 0 Å². The van der Waals surface area contributed by atoms with Crippen LogP contribution in [-0.4, -0.2) is 37.5 Å². The molecule has 0 radical (unpaired) electrons. The lowest BCUT2D eigenvalue weighted by Crippen LogP contribution is -2.40. The molecule has 0 unspecified atom stereocenters. The summed E-state index contributed by atoms with van der Waals surface area (Å²) < 4.78 is 0. The normalized spacial score (nSPS) is 12.9. The number of unbranched alkanes of at least 4 members (excludes halogenated alkanes) is 14. The molecule has 0 spiro atoms. The molecule has 200 valence electrons. The van der Waals surface area contributed by atoms with E-state index in [0.29, 0.717) is 12.6 Å². The number of carbonyl (C=O) groups is 1. The van der Waals surface area contributed by atoms with E-state index in [-0.39, 0.29) is 5.91 Å². The topological polar surface area (TPSA) is 32.3 Å². The molecule has 34 heavy (non-hydrogen) atoms. The fourth-order valence-electron chi connectivity index (χ4n) is 4.41. The first-order chi connectivity index (χ1) is 16.6. The number of allylic oxidation sites excluding steroid dienone is 4. The molecule has 0 bridgehead atoms. The number of amides is 1. The number of rotatable bonds is 25. The van der Waals surface area contributed by atoms with Crippen molar-refractivity contribution in [2.24, 2.45) is 0 Å². The Hall–Kier alpha value is -1.09. The Kier molecular flexibility index (Phi) is 25.7. The summed E-state index contributed by atoms with van der Waals surface area (Å²) in [6.07, 6.45) is 35.0. The van der Waals surface area contributed by atoms with Crippen molar-refractivity contribution in [2.45, 2.75) is 148 Å². The van der Waals surface area contributed by atoms with Crippen molar-refractivity contribution in [3.05, 3.63) is 24.3 Å². The maximum absolute atomic E-state index is 12.3. The second-order valence-electron chi connectivity index (χ2n) is 10.4. The second kappa shape index (κ2) is 26.5. The van der Waals surface area contributed by atoms with E-state index in [1.165, 1.54) is 109 Å². The van der Waals surface area contributed by atoms with Crippen LogP contribution in [0, 0.1) is 0 Å². The van der Waals surface area contributed by atoms with E-state index in [1.807, 2.05) is 19.0 Å². The monoisotopic (exact) mass is 476 g/mol. The molecule has 0 aromatic carbocycles. The average Bonchev–Trinajstić information content (AvgIpc) is 2.80. The molecule has 0 heterocycles. The zero-order valence-electron chi connectivity index (χ0n) is 23.6. The van der Waals surface area contributed by atoms with Gasteiger partial charge >= 0.3 is 0 Å². The van der Waals surface area contributed by atoms with Gasteiger partial charge in [-0.15, -0.1) is 0 Å². The molecule has 0 aliphatic carbocycles. The van der Waals surface area contributed by atoms with E-state index >= 15 is 0 Å². The van der Waals surface area contributed by atoms with Gasteiger partial charge in [-0.05, 0) is 52.6 Å². The van der Waals surface area contributed by atoms with Crippen molar-refractivity contribution in [3.63, 3.8) is 0 Å². The molecule has 0 aliphatic heterocycles. The molecule has 1 atom stereocenters. The van der Waals surface area contributed by atoms with Crippen molar-refractivity contribution in [2.75, 3.05) is 20.6 Å². The maximum atomic E-state index is 12.3. The van der Waals surface area contributed by atoms with Crippen LogP contribution < -0.4 is 5.32 Å². The molecule has 1 N–H and O–H groups in total. The summed E-state index contributed by atoms with van der Waals surface area (Å²) in [6, 6.07) is 0.367. The summed E-state index contributed by atoms with van der Waals surface area (Å²) in [6.45, 7) is 4.99. The van der Waals surface area contributed by atoms with Gasteiger partial charge in [-0.2, -0.15) is 0 Å². The lowest BCUT2D eigenvalue weighted by atomic mass is 9.99. The molecule has 0 aromatic heterocycles. The SMILES string of the molecule is CCC/C=C\C/C=C\CCCCCCCCC[C@@H](CCCCCCCCC)NC(=O)CN(C)C. The molecule has 0 fully saturated rings. The Morgan fingerprint density at radius 3 is 1.68 bits per heavy atom. The minimum atomic E-state index is 0.184. The summed E-state index contributed by atoms with van der Waals surface area (Å²) in [5, 5.41) is 3.32. The molecule has 1 amide bonds. The maximum Gasteiger partial charge on any atom is 0.234 e. The van der Waals surface area contributed by atoms with Gasteiger partial charge in [0.15, 0.2) is 0 Å². The zero-order valence-corrected chi connectivity index (χ0v) is 23.6. The molecule has 3 heteroatoms. The quantitative estimate of drug-likeness (QED) is 0.105. The highest BCUT2D eigenvalue weighted by molar-refractivity contribution is 5.78. The predicted molar refractivity (Wildman–Crippen MR) is 152 cm³/mol. The van der Waals surface area contributed by atoms with Crippen LogP contribution in [-0.2, 0) is 4.79 Å². The van der Waals surface area contributed by atoms with Crippen LogP contribution in [0.2, 0.25) is 0 Å². The first-order valence-corrected chi connectivity index (χ1v) is 14.8. The number of nitrogens with zero attached hydrogens (tertiary/aromatic N) is 1. The van der Waals surface area contributed by atoms with Crippen LogP contribution in [0.5, 0.6) is 0 Å². The average molecular weight is 477 g/mol. The van der Waals surface area contributed by atoms with Gasteiger partial charge in [0.05, 0.1) is 6.54 Å². The first kappa shape index (κ1) is 32.9. The number of carbonyl (C=O) groups excluding carboxylic acids is 1. The van der Waals surface area contributed by atoms with Crippen LogP contribution in [0.25, 0.3) is 0 Å². The van der Waals surface area contributed by atoms with Crippen LogP contribution in [0.15, 0.2) is 24.3 Å². The van der Waals surface area contributed by atoms with Gasteiger partial charge in [-0.25, -0.2) is 0 Å². The molecular weight excluding hydrogens is 416 g/mol. The van der Waals surface area contributed by atoms with Gasteiger partial charge in [-0.3, -0.25) is 4.79 Å². The highest BCUT2D eigenvalue weighted by Crippen LogP contribution is 2.15. The summed E-state index contributed by atoms with van der Waals surface area (Å²) in [5.41, 5.74) is 0. The Morgan fingerprint density at radius 2 is 1.15 bits per heavy atom. The van der Waals surface area contributed by atoms with Crippen molar-refractivity contribution >= 4 is 5.91 Å². The minimum absolute atomic E-state index is 0.184. The fraction of sp³-hybridized carbons (Fsp3) is 0.839. The van der Waals surface area contributed by atoms with Gasteiger partial charge in [-0.1, -0.05) is 128 Å². The van der Waals surface area contributed by atoms with E-state index in [4.69, 9.17) is 0 Å². The molecule has 3 nitrogen and oxygen atoms in total. The molecule has 0 saturated carbocycles. The van der Waals surface area contributed by atoms with Crippen LogP contribution >= 0.6 is 0 Å². The summed E-state index contributed by atoms with van der Waals surface area (Å²) >= 11 is 0. The van der Waals surface area contributed by atoms with Gasteiger partial charge in [0.1, 0.15) is 0 Å². The van der Waals surface area contributed by atoms with Crippen molar-refractivity contribution in [3.8, 4) is 0 Å². The lowest BCUT2D eigenvalue weighted by Gasteiger charge is -2.20. The summed E-state index contributed by atoms with van der Waals surface area (Å²) in [5.74, 6) is 0.184. The second-order valence-corrected chi connectivity index (χ2v) is 10.4. The number of likely N-dealkylation sites (N-methyl/N-ethyl adjacent to an activating group) is 1. The van der Waals surface area contributed by atoms with Gasteiger partial charge in [0.2, 0.25) is 5.91 Å². The largest absolute Gasteiger partial charge is 0.352 e. The number of nitrogens with one attached hydrogen (secondary N) is 1. The lowest BCUT2D eigenvalue weighted by molar-refractivity contribution is -0.122. The molecule has 0 saturated heterocycles. The van der Waals surface area contributed by atoms with Crippen LogP contribution in [0.3, 0.4) is 0 Å². The van der Waals surface area contributed by atoms with Crippen molar-refractivity contribution < 1.29 is 4.79 Å². The number of hydrogen-bond acceptors (Lipinski definition) is 2. The third-order valence-corrected chi connectivity index (χ3v) is 6.47. The highest BCUT2D eigenvalue weighted by atomic mass is 16.2. The third-order valence-electron chi connectivity index (χ3n) is 6.47. The minimum Gasteiger partial charge on any atom is -0.352 e. The third kappa shape index (κ3) is 25.5. The molecule has 0 rings (SSSR count). The molecular formula is C31H60N2O. The standard InChI is InChI=1S/C31H60N2O/c1-5-7-9-11-13-14-15-16-17-18-19-20-22-24-26-28-30(32-31(34)29-33(3)4)27-25-23-21-12-10-8-6-2/h9,11,14-15,30H,5-8,10,12-13,16-29H2,1-4H3,(H,32,34)/b11-9-,15-14-/t30-/m1/s1. The van der Waals surface area contributed by atoms with E-state index in [9.17, 15) is 4.79 Å².